The molecule has 22 heavy (non-hydrogen) atoms. The molecule has 0 bridgehead atoms. The largest absolute Gasteiger partial charge is 0.338 e. The van der Waals surface area contributed by atoms with Crippen LogP contribution < -0.4 is 10.6 Å². The number of nitrogens with zero attached hydrogens (tertiary/aromatic N) is 1. The maximum Gasteiger partial charge on any atom is 0.314 e. The highest BCUT2D eigenvalue weighted by molar-refractivity contribution is 5.92. The van der Waals surface area contributed by atoms with Gasteiger partial charge in [0.05, 0.1) is 0 Å². The van der Waals surface area contributed by atoms with Gasteiger partial charge in [-0.25, -0.2) is 4.79 Å². The minimum absolute atomic E-state index is 0.0340. The zero-order valence-electron chi connectivity index (χ0n) is 14.1. The van der Waals surface area contributed by atoms with Crippen molar-refractivity contribution in [3.8, 4) is 0 Å². The van der Waals surface area contributed by atoms with Crippen LogP contribution in [0.3, 0.4) is 0 Å². The average molecular weight is 307 g/mol. The fraction of sp³-hybridized carbons (Fsp3) is 0.647. The van der Waals surface area contributed by atoms with Crippen LogP contribution in [0, 0.1) is 5.41 Å². The number of hydrogen-bond acceptors (Lipinski definition) is 2. The summed E-state index contributed by atoms with van der Waals surface area (Å²) in [4.78, 5) is 24.7. The molecule has 0 radical (unpaired) electrons. The lowest BCUT2D eigenvalue weighted by Gasteiger charge is -2.18. The SMILES string of the molecule is C=C1C=CC(=O)N1CCCNC(=O)NCCCCC(C)(C)C. The van der Waals surface area contributed by atoms with Gasteiger partial charge in [-0.3, -0.25) is 4.79 Å². The first-order valence-electron chi connectivity index (χ1n) is 8.00. The van der Waals surface area contributed by atoms with E-state index in [0.717, 1.165) is 19.3 Å². The number of allylic oxidation sites excluding steroid dienone is 1. The van der Waals surface area contributed by atoms with Crippen molar-refractivity contribution in [1.82, 2.24) is 15.5 Å². The highest BCUT2D eigenvalue weighted by Gasteiger charge is 2.17. The van der Waals surface area contributed by atoms with Gasteiger partial charge in [0.25, 0.3) is 5.91 Å². The van der Waals surface area contributed by atoms with E-state index in [1.54, 1.807) is 11.0 Å². The molecule has 0 atom stereocenters. The zero-order chi connectivity index (χ0) is 16.6. The molecule has 0 aromatic rings. The van der Waals surface area contributed by atoms with Crippen molar-refractivity contribution in [3.05, 3.63) is 24.4 Å². The quantitative estimate of drug-likeness (QED) is 0.677. The third-order valence-electron chi connectivity index (χ3n) is 3.51. The Balaban J connectivity index is 2.00. The topological polar surface area (TPSA) is 61.4 Å². The highest BCUT2D eigenvalue weighted by Crippen LogP contribution is 2.21. The van der Waals surface area contributed by atoms with E-state index < -0.39 is 0 Å². The number of unbranched alkanes of at least 4 members (excludes halogenated alkanes) is 1. The Kier molecular flexibility index (Phi) is 7.15. The molecule has 0 aromatic heterocycles. The maximum absolute atomic E-state index is 11.6. The van der Waals surface area contributed by atoms with Crippen LogP contribution in [0.4, 0.5) is 4.79 Å². The first kappa shape index (κ1) is 18.3. The minimum atomic E-state index is -0.138. The van der Waals surface area contributed by atoms with Crippen molar-refractivity contribution in [2.45, 2.75) is 46.5 Å². The van der Waals surface area contributed by atoms with E-state index in [4.69, 9.17) is 0 Å². The Hall–Kier alpha value is -1.78. The molecule has 1 rings (SSSR count). The summed E-state index contributed by atoms with van der Waals surface area (Å²) in [6, 6.07) is -0.138. The fourth-order valence-corrected chi connectivity index (χ4v) is 2.23. The molecule has 0 saturated heterocycles. The van der Waals surface area contributed by atoms with Crippen molar-refractivity contribution in [2.75, 3.05) is 19.6 Å². The molecule has 0 unspecified atom stereocenters. The first-order chi connectivity index (χ1) is 10.3. The van der Waals surface area contributed by atoms with Crippen molar-refractivity contribution < 1.29 is 9.59 Å². The van der Waals surface area contributed by atoms with E-state index in [2.05, 4.69) is 38.0 Å². The molecule has 2 N–H and O–H groups in total. The van der Waals surface area contributed by atoms with Crippen molar-refractivity contribution in [2.24, 2.45) is 5.41 Å². The molecule has 1 aliphatic rings. The minimum Gasteiger partial charge on any atom is -0.338 e. The lowest BCUT2D eigenvalue weighted by molar-refractivity contribution is -0.123. The Labute approximate surface area is 133 Å². The number of urea groups is 1. The summed E-state index contributed by atoms with van der Waals surface area (Å²) in [5.74, 6) is -0.0340. The van der Waals surface area contributed by atoms with E-state index in [-0.39, 0.29) is 11.9 Å². The zero-order valence-corrected chi connectivity index (χ0v) is 14.1. The van der Waals surface area contributed by atoms with E-state index in [0.29, 0.717) is 37.2 Å². The molecule has 124 valence electrons. The Morgan fingerprint density at radius 3 is 2.32 bits per heavy atom. The molecule has 0 aliphatic carbocycles. The predicted octanol–water partition coefficient (Wildman–Crippen LogP) is 2.80. The van der Waals surface area contributed by atoms with Crippen LogP contribution in [0.1, 0.15) is 46.5 Å². The van der Waals surface area contributed by atoms with Crippen molar-refractivity contribution >= 4 is 11.9 Å². The lowest BCUT2D eigenvalue weighted by atomic mass is 9.90. The van der Waals surface area contributed by atoms with Crippen molar-refractivity contribution in [3.63, 3.8) is 0 Å². The van der Waals surface area contributed by atoms with Gasteiger partial charge in [-0.05, 0) is 30.8 Å². The molecule has 5 heteroatoms. The molecule has 0 saturated carbocycles. The number of amides is 3. The number of hydrogen-bond donors (Lipinski definition) is 2. The van der Waals surface area contributed by atoms with Gasteiger partial charge in [0.2, 0.25) is 0 Å². The van der Waals surface area contributed by atoms with E-state index in [1.807, 2.05) is 0 Å². The normalized spacial score (nSPS) is 14.6. The molecular weight excluding hydrogens is 278 g/mol. The molecule has 5 nitrogen and oxygen atoms in total. The molecular formula is C17H29N3O2. The van der Waals surface area contributed by atoms with Crippen LogP contribution in [0.2, 0.25) is 0 Å². The Morgan fingerprint density at radius 1 is 1.14 bits per heavy atom. The molecule has 0 spiro atoms. The summed E-state index contributed by atoms with van der Waals surface area (Å²) >= 11 is 0. The molecule has 1 heterocycles. The van der Waals surface area contributed by atoms with Crippen LogP contribution >= 0.6 is 0 Å². The van der Waals surface area contributed by atoms with Crippen LogP contribution in [-0.2, 0) is 4.79 Å². The van der Waals surface area contributed by atoms with Gasteiger partial charge >= 0.3 is 6.03 Å². The second-order valence-corrected chi connectivity index (χ2v) is 6.87. The number of carbonyl (C=O) groups is 2. The fourth-order valence-electron chi connectivity index (χ4n) is 2.23. The van der Waals surface area contributed by atoms with E-state index in [9.17, 15) is 9.59 Å². The lowest BCUT2D eigenvalue weighted by Crippen LogP contribution is -2.37. The van der Waals surface area contributed by atoms with Gasteiger partial charge in [0.15, 0.2) is 0 Å². The molecule has 0 aromatic carbocycles. The standard InChI is InChI=1S/C17H29N3O2/c1-14-8-9-15(21)20(14)13-7-12-19-16(22)18-11-6-5-10-17(2,3)4/h8-9H,1,5-7,10-13H2,2-4H3,(H2,18,19,22). The Morgan fingerprint density at radius 2 is 1.77 bits per heavy atom. The first-order valence-corrected chi connectivity index (χ1v) is 8.00. The molecule has 3 amide bonds. The smallest absolute Gasteiger partial charge is 0.314 e. The van der Waals surface area contributed by atoms with Gasteiger partial charge in [0.1, 0.15) is 0 Å². The van der Waals surface area contributed by atoms with Gasteiger partial charge in [-0.1, -0.05) is 33.8 Å². The van der Waals surface area contributed by atoms with E-state index in [1.165, 1.54) is 6.08 Å². The number of nitrogens with one attached hydrogen (secondary N) is 2. The molecule has 1 aliphatic heterocycles. The van der Waals surface area contributed by atoms with Crippen molar-refractivity contribution in [1.29, 1.82) is 0 Å². The average Bonchev–Trinajstić information content (AvgIpc) is 2.73. The summed E-state index contributed by atoms with van der Waals surface area (Å²) in [6.45, 7) is 12.3. The van der Waals surface area contributed by atoms with Gasteiger partial charge in [-0.15, -0.1) is 0 Å². The summed E-state index contributed by atoms with van der Waals surface area (Å²) < 4.78 is 0. The Bertz CT molecular complexity index is 418. The second kappa shape index (κ2) is 8.61. The van der Waals surface area contributed by atoms with Crippen LogP contribution in [-0.4, -0.2) is 36.5 Å². The van der Waals surface area contributed by atoms with Crippen LogP contribution in [0.15, 0.2) is 24.4 Å². The van der Waals surface area contributed by atoms with Crippen LogP contribution in [0.25, 0.3) is 0 Å². The third kappa shape index (κ3) is 7.29. The summed E-state index contributed by atoms with van der Waals surface area (Å²) in [7, 11) is 0. The molecule has 0 fully saturated rings. The summed E-state index contributed by atoms with van der Waals surface area (Å²) in [5, 5.41) is 5.66. The monoisotopic (exact) mass is 307 g/mol. The summed E-state index contributed by atoms with van der Waals surface area (Å²) in [5.41, 5.74) is 1.07. The van der Waals surface area contributed by atoms with Gasteiger partial charge in [-0.2, -0.15) is 0 Å². The highest BCUT2D eigenvalue weighted by atomic mass is 16.2. The summed E-state index contributed by atoms with van der Waals surface area (Å²) in [6.07, 6.45) is 7.22. The number of carbonyl (C=O) groups excluding carboxylic acids is 2. The maximum atomic E-state index is 11.6. The number of rotatable bonds is 8. The van der Waals surface area contributed by atoms with Gasteiger partial charge in [0, 0.05) is 31.4 Å². The third-order valence-corrected chi connectivity index (χ3v) is 3.51. The van der Waals surface area contributed by atoms with Gasteiger partial charge < -0.3 is 15.5 Å². The van der Waals surface area contributed by atoms with E-state index >= 15 is 0 Å². The van der Waals surface area contributed by atoms with Crippen LogP contribution in [0.5, 0.6) is 0 Å². The second-order valence-electron chi connectivity index (χ2n) is 6.87. The predicted molar refractivity (Wildman–Crippen MR) is 89.3 cm³/mol.